The molecule has 1 aliphatic carbocycles. The van der Waals surface area contributed by atoms with Crippen molar-refractivity contribution in [3.63, 3.8) is 0 Å². The Labute approximate surface area is 142 Å². The van der Waals surface area contributed by atoms with E-state index in [1.165, 1.54) is 12.1 Å². The molecular weight excluding hydrogens is 336 g/mol. The Morgan fingerprint density at radius 3 is 2.35 bits per heavy atom. The van der Waals surface area contributed by atoms with Crippen LogP contribution in [0, 0.1) is 0 Å². The van der Waals surface area contributed by atoms with Crippen molar-refractivity contribution in [2.45, 2.75) is 41.7 Å². The first-order valence-corrected chi connectivity index (χ1v) is 9.73. The third-order valence-electron chi connectivity index (χ3n) is 4.35. The number of carbonyl (C=O) groups excluding carboxylic acids is 1. The van der Waals surface area contributed by atoms with Crippen molar-refractivity contribution >= 4 is 27.3 Å². The van der Waals surface area contributed by atoms with Gasteiger partial charge in [0.2, 0.25) is 5.91 Å². The Morgan fingerprint density at radius 2 is 1.78 bits per heavy atom. The van der Waals surface area contributed by atoms with Crippen LogP contribution in [0.25, 0.3) is 0 Å². The topological polar surface area (TPSA) is 75.3 Å². The molecule has 0 heterocycles. The van der Waals surface area contributed by atoms with Gasteiger partial charge < -0.3 is 10.6 Å². The van der Waals surface area contributed by atoms with Crippen molar-refractivity contribution in [2.24, 2.45) is 0 Å². The van der Waals surface area contributed by atoms with Crippen molar-refractivity contribution < 1.29 is 13.2 Å². The first-order chi connectivity index (χ1) is 10.9. The van der Waals surface area contributed by atoms with Crippen molar-refractivity contribution in [1.82, 2.24) is 10.6 Å². The predicted octanol–water partition coefficient (Wildman–Crippen LogP) is 2.15. The normalized spacial score (nSPS) is 17.1. The Balaban J connectivity index is 2.25. The van der Waals surface area contributed by atoms with Crippen LogP contribution in [0.4, 0.5) is 0 Å². The number of rotatable bonds is 7. The fourth-order valence-electron chi connectivity index (χ4n) is 3.03. The summed E-state index contributed by atoms with van der Waals surface area (Å²) in [4.78, 5) is 12.8. The summed E-state index contributed by atoms with van der Waals surface area (Å²) < 4.78 is 24.8. The first kappa shape index (κ1) is 18.2. The molecule has 1 aromatic rings. The maximum Gasteiger partial charge on any atom is 0.241 e. The Bertz CT molecular complexity index is 638. The lowest BCUT2D eigenvalue weighted by molar-refractivity contribution is -0.123. The lowest BCUT2D eigenvalue weighted by Crippen LogP contribution is -2.51. The first-order valence-electron chi connectivity index (χ1n) is 7.87. The molecular formula is C16H23ClN2O3S. The Kier molecular flexibility index (Phi) is 6.06. The molecule has 1 fully saturated rings. The zero-order valence-corrected chi connectivity index (χ0v) is 14.8. The summed E-state index contributed by atoms with van der Waals surface area (Å²) in [5.41, 5.74) is 0. The maximum absolute atomic E-state index is 13.1. The number of amides is 1. The van der Waals surface area contributed by atoms with Gasteiger partial charge in [-0.1, -0.05) is 24.4 Å². The summed E-state index contributed by atoms with van der Waals surface area (Å²) in [6.07, 6.45) is 3.00. The second kappa shape index (κ2) is 7.64. The fourth-order valence-corrected chi connectivity index (χ4v) is 5.25. The van der Waals surface area contributed by atoms with Crippen LogP contribution in [0.5, 0.6) is 0 Å². The van der Waals surface area contributed by atoms with Crippen molar-refractivity contribution in [3.05, 3.63) is 29.3 Å². The van der Waals surface area contributed by atoms with E-state index in [2.05, 4.69) is 10.6 Å². The van der Waals surface area contributed by atoms with Crippen molar-refractivity contribution in [2.75, 3.05) is 20.1 Å². The highest BCUT2D eigenvalue weighted by Crippen LogP contribution is 2.40. The molecule has 23 heavy (non-hydrogen) atoms. The smallest absolute Gasteiger partial charge is 0.241 e. The van der Waals surface area contributed by atoms with Gasteiger partial charge in [-0.05, 0) is 57.1 Å². The Hall–Kier alpha value is -1.11. The van der Waals surface area contributed by atoms with E-state index >= 15 is 0 Å². The molecule has 1 amide bonds. The van der Waals surface area contributed by atoms with Gasteiger partial charge in [-0.15, -0.1) is 0 Å². The number of sulfone groups is 1. The van der Waals surface area contributed by atoms with Crippen LogP contribution in [0.15, 0.2) is 29.2 Å². The molecule has 7 heteroatoms. The van der Waals surface area contributed by atoms with Gasteiger partial charge in [-0.2, -0.15) is 0 Å². The van der Waals surface area contributed by atoms with Crippen LogP contribution >= 0.6 is 11.6 Å². The second-order valence-corrected chi connectivity index (χ2v) is 8.57. The van der Waals surface area contributed by atoms with Crippen LogP contribution in [-0.2, 0) is 14.6 Å². The van der Waals surface area contributed by atoms with E-state index in [9.17, 15) is 13.2 Å². The molecule has 0 aliphatic heterocycles. The van der Waals surface area contributed by atoms with Gasteiger partial charge in [0.1, 0.15) is 0 Å². The van der Waals surface area contributed by atoms with Crippen LogP contribution in [-0.4, -0.2) is 39.2 Å². The number of nitrogens with one attached hydrogen (secondary N) is 2. The summed E-state index contributed by atoms with van der Waals surface area (Å²) >= 11 is 5.84. The SMILES string of the molecule is CNCCCNC(=O)C1(S(=O)(=O)c2ccc(Cl)cc2)CCCC1. The molecule has 0 unspecified atom stereocenters. The number of halogens is 1. The molecule has 0 bridgehead atoms. The quantitative estimate of drug-likeness (QED) is 0.732. The summed E-state index contributed by atoms with van der Waals surface area (Å²) in [5.74, 6) is -0.374. The molecule has 5 nitrogen and oxygen atoms in total. The van der Waals surface area contributed by atoms with E-state index in [-0.39, 0.29) is 10.8 Å². The molecule has 2 N–H and O–H groups in total. The van der Waals surface area contributed by atoms with E-state index in [1.54, 1.807) is 12.1 Å². The second-order valence-electron chi connectivity index (χ2n) is 5.87. The molecule has 0 saturated heterocycles. The minimum Gasteiger partial charge on any atom is -0.355 e. The molecule has 0 aromatic heterocycles. The van der Waals surface area contributed by atoms with Crippen LogP contribution in [0.2, 0.25) is 5.02 Å². The molecule has 1 aliphatic rings. The van der Waals surface area contributed by atoms with E-state index < -0.39 is 14.6 Å². The van der Waals surface area contributed by atoms with E-state index in [0.717, 1.165) is 25.8 Å². The monoisotopic (exact) mass is 358 g/mol. The van der Waals surface area contributed by atoms with Crippen LogP contribution in [0.3, 0.4) is 0 Å². The van der Waals surface area contributed by atoms with Gasteiger partial charge in [-0.25, -0.2) is 8.42 Å². The van der Waals surface area contributed by atoms with Gasteiger partial charge in [0.05, 0.1) is 4.90 Å². The van der Waals surface area contributed by atoms with Gasteiger partial charge in [0.25, 0.3) is 0 Å². The number of hydrogen-bond donors (Lipinski definition) is 2. The average molecular weight is 359 g/mol. The zero-order chi connectivity index (χ0) is 16.9. The summed E-state index contributed by atoms with van der Waals surface area (Å²) in [6.45, 7) is 1.24. The highest BCUT2D eigenvalue weighted by atomic mass is 35.5. The Morgan fingerprint density at radius 1 is 1.17 bits per heavy atom. The van der Waals surface area contributed by atoms with Gasteiger partial charge >= 0.3 is 0 Å². The van der Waals surface area contributed by atoms with E-state index in [4.69, 9.17) is 11.6 Å². The maximum atomic E-state index is 13.1. The third-order valence-corrected chi connectivity index (χ3v) is 7.12. The highest BCUT2D eigenvalue weighted by Gasteiger charge is 2.52. The predicted molar refractivity (Wildman–Crippen MR) is 91.4 cm³/mol. The summed E-state index contributed by atoms with van der Waals surface area (Å²) in [6, 6.07) is 6.04. The molecule has 0 radical (unpaired) electrons. The summed E-state index contributed by atoms with van der Waals surface area (Å²) in [5, 5.41) is 6.28. The van der Waals surface area contributed by atoms with Crippen LogP contribution < -0.4 is 10.6 Å². The zero-order valence-electron chi connectivity index (χ0n) is 13.3. The minimum atomic E-state index is -3.75. The minimum absolute atomic E-state index is 0.161. The van der Waals surface area contributed by atoms with E-state index in [1.807, 2.05) is 7.05 Å². The third kappa shape index (κ3) is 3.70. The van der Waals surface area contributed by atoms with Gasteiger partial charge in [0.15, 0.2) is 14.6 Å². The average Bonchev–Trinajstić information content (AvgIpc) is 3.03. The largest absolute Gasteiger partial charge is 0.355 e. The lowest BCUT2D eigenvalue weighted by atomic mass is 10.1. The van der Waals surface area contributed by atoms with Crippen molar-refractivity contribution in [1.29, 1.82) is 0 Å². The van der Waals surface area contributed by atoms with Crippen molar-refractivity contribution in [3.8, 4) is 0 Å². The van der Waals surface area contributed by atoms with Gasteiger partial charge in [-0.3, -0.25) is 4.79 Å². The van der Waals surface area contributed by atoms with Crippen LogP contribution in [0.1, 0.15) is 32.1 Å². The molecule has 0 spiro atoms. The lowest BCUT2D eigenvalue weighted by Gasteiger charge is -2.27. The molecule has 128 valence electrons. The molecule has 2 rings (SSSR count). The number of carbonyl (C=O) groups is 1. The molecule has 1 aromatic carbocycles. The highest BCUT2D eigenvalue weighted by molar-refractivity contribution is 7.93. The number of hydrogen-bond acceptors (Lipinski definition) is 4. The van der Waals surface area contributed by atoms with Gasteiger partial charge in [0, 0.05) is 11.6 Å². The standard InChI is InChI=1S/C16H23ClN2O3S/c1-18-11-4-12-19-15(20)16(9-2-3-10-16)23(21,22)14-7-5-13(17)6-8-14/h5-8,18H,2-4,9-12H2,1H3,(H,19,20). The summed E-state index contributed by atoms with van der Waals surface area (Å²) in [7, 11) is -1.91. The fraction of sp³-hybridized carbons (Fsp3) is 0.562. The van der Waals surface area contributed by atoms with E-state index in [0.29, 0.717) is 24.4 Å². The molecule has 0 atom stereocenters. The number of benzene rings is 1. The molecule has 1 saturated carbocycles.